The molecule has 0 aromatic heterocycles. The lowest BCUT2D eigenvalue weighted by Crippen LogP contribution is -2.30. The Kier molecular flexibility index (Phi) is 25.8. The first kappa shape index (κ1) is 34.3. The number of aliphatic carboxylic acids is 3. The molecule has 0 rings (SSSR count). The maximum Gasteiger partial charge on any atom is 0.330 e. The van der Waals surface area contributed by atoms with Gasteiger partial charge in [-0.3, -0.25) is 9.59 Å². The molecule has 0 bridgehead atoms. The first-order valence-corrected chi connectivity index (χ1v) is 12.4. The van der Waals surface area contributed by atoms with Crippen LogP contribution in [0.4, 0.5) is 0 Å². The molecule has 184 valence electrons. The van der Waals surface area contributed by atoms with Crippen molar-refractivity contribution in [3.63, 3.8) is 0 Å². The van der Waals surface area contributed by atoms with E-state index < -0.39 is 36.3 Å². The number of carbonyl (C=O) groups is 3. The molecule has 12 heteroatoms. The minimum atomic E-state index is -1.25. The van der Waals surface area contributed by atoms with Gasteiger partial charge >= 0.3 is 17.9 Å². The van der Waals surface area contributed by atoms with Crippen LogP contribution in [0.15, 0.2) is 12.2 Å². The largest absolute Gasteiger partial charge is 0.480 e. The van der Waals surface area contributed by atoms with Gasteiger partial charge in [0.25, 0.3) is 0 Å². The first-order chi connectivity index (χ1) is 14.4. The Labute approximate surface area is 192 Å². The van der Waals surface area contributed by atoms with E-state index in [-0.39, 0.29) is 5.57 Å². The van der Waals surface area contributed by atoms with E-state index in [1.54, 1.807) is 23.5 Å². The molecule has 0 fully saturated rings. The van der Waals surface area contributed by atoms with E-state index in [1.807, 2.05) is 12.5 Å². The zero-order valence-corrected chi connectivity index (χ0v) is 19.9. The molecule has 0 aliphatic carbocycles. The van der Waals surface area contributed by atoms with Gasteiger partial charge in [-0.05, 0) is 62.5 Å². The van der Waals surface area contributed by atoms with E-state index >= 15 is 0 Å². The quantitative estimate of drug-likeness (QED) is 0.0990. The number of carboxylic acid groups (broad SMARTS) is 3. The van der Waals surface area contributed by atoms with Crippen LogP contribution in [0.25, 0.3) is 0 Å². The smallest absolute Gasteiger partial charge is 0.330 e. The van der Waals surface area contributed by atoms with Crippen LogP contribution in [0.1, 0.15) is 44.9 Å². The summed E-state index contributed by atoms with van der Waals surface area (Å²) < 4.78 is 0. The number of hydrogen-bond acceptors (Lipinski definition) is 9. The average Bonchev–Trinajstić information content (AvgIpc) is 2.70. The van der Waals surface area contributed by atoms with E-state index in [1.165, 1.54) is 0 Å². The van der Waals surface area contributed by atoms with Crippen LogP contribution >= 0.6 is 23.5 Å². The number of hydrogen-bond donors (Lipinski definition) is 7. The van der Waals surface area contributed by atoms with Crippen LogP contribution in [-0.2, 0) is 14.4 Å². The molecule has 0 saturated heterocycles. The zero-order chi connectivity index (χ0) is 24.8. The van der Waals surface area contributed by atoms with E-state index in [4.69, 9.17) is 37.0 Å². The highest BCUT2D eigenvalue weighted by Crippen LogP contribution is 2.09. The molecule has 9 N–H and O–H groups in total. The highest BCUT2D eigenvalue weighted by Gasteiger charge is 2.09. The summed E-state index contributed by atoms with van der Waals surface area (Å²) in [5.41, 5.74) is 10.6. The van der Waals surface area contributed by atoms with Crippen molar-refractivity contribution in [2.45, 2.75) is 63.3 Å². The number of nitrogens with two attached hydrogens (primary N) is 2. The van der Waals surface area contributed by atoms with Gasteiger partial charge in [0.15, 0.2) is 6.29 Å². The van der Waals surface area contributed by atoms with Gasteiger partial charge in [-0.2, -0.15) is 23.5 Å². The molecule has 0 heterocycles. The minimum Gasteiger partial charge on any atom is -0.480 e. The number of aliphatic hydroxyl groups is 2. The summed E-state index contributed by atoms with van der Waals surface area (Å²) in [6.45, 7) is 3.39. The van der Waals surface area contributed by atoms with E-state index in [9.17, 15) is 14.4 Å². The lowest BCUT2D eigenvalue weighted by Gasteiger charge is -2.02. The molecule has 0 aromatic carbocycles. The Bertz CT molecular complexity index is 483. The van der Waals surface area contributed by atoms with Gasteiger partial charge in [0.2, 0.25) is 0 Å². The molecule has 0 amide bonds. The van der Waals surface area contributed by atoms with Crippen LogP contribution in [0.3, 0.4) is 0 Å². The van der Waals surface area contributed by atoms with Crippen molar-refractivity contribution in [3.8, 4) is 0 Å². The molecule has 0 unspecified atom stereocenters. The fourth-order valence-electron chi connectivity index (χ4n) is 1.69. The summed E-state index contributed by atoms with van der Waals surface area (Å²) in [7, 11) is 0. The van der Waals surface area contributed by atoms with Crippen molar-refractivity contribution in [2.24, 2.45) is 11.5 Å². The molecule has 0 spiro atoms. The third kappa shape index (κ3) is 28.7. The Morgan fingerprint density at radius 2 is 1.23 bits per heavy atom. The maximum atomic E-state index is 10.3. The van der Waals surface area contributed by atoms with Crippen molar-refractivity contribution in [1.29, 1.82) is 0 Å². The monoisotopic (exact) mass is 486 g/mol. The van der Waals surface area contributed by atoms with Gasteiger partial charge < -0.3 is 37.0 Å². The highest BCUT2D eigenvalue weighted by atomic mass is 32.2. The third-order valence-corrected chi connectivity index (χ3v) is 4.93. The van der Waals surface area contributed by atoms with Gasteiger partial charge in [0.1, 0.15) is 12.1 Å². The van der Waals surface area contributed by atoms with Crippen molar-refractivity contribution >= 4 is 41.4 Å². The van der Waals surface area contributed by atoms with Crippen LogP contribution < -0.4 is 11.5 Å². The van der Waals surface area contributed by atoms with Crippen LogP contribution in [0, 0.1) is 0 Å². The molecule has 2 atom stereocenters. The minimum absolute atomic E-state index is 0.213. The van der Waals surface area contributed by atoms with Gasteiger partial charge in [0.05, 0.1) is 0 Å². The predicted molar refractivity (Wildman–Crippen MR) is 125 cm³/mol. The summed E-state index contributed by atoms with van der Waals surface area (Å²) in [6.07, 6.45) is 6.75. The fourth-order valence-corrected chi connectivity index (χ4v) is 2.66. The molecule has 0 saturated carbocycles. The number of unbranched alkanes of at least 4 members (excludes halogenated alkanes) is 2. The molecule has 10 nitrogen and oxygen atoms in total. The number of aliphatic hydroxyl groups excluding tert-OH is 1. The lowest BCUT2D eigenvalue weighted by atomic mass is 10.1. The summed E-state index contributed by atoms with van der Waals surface area (Å²) >= 11 is 3.21. The number of rotatable bonds is 15. The first-order valence-electron chi connectivity index (χ1n) is 9.62. The van der Waals surface area contributed by atoms with Crippen molar-refractivity contribution in [3.05, 3.63) is 12.2 Å². The Balaban J connectivity index is -0.000000390. The van der Waals surface area contributed by atoms with Crippen molar-refractivity contribution in [1.82, 2.24) is 0 Å². The Morgan fingerprint density at radius 3 is 1.52 bits per heavy atom. The van der Waals surface area contributed by atoms with Crippen LogP contribution in [0.5, 0.6) is 0 Å². The summed E-state index contributed by atoms with van der Waals surface area (Å²) in [5, 5.41) is 42.0. The topological polar surface area (TPSA) is 204 Å². The second-order valence-electron chi connectivity index (χ2n) is 6.44. The second-order valence-corrected chi connectivity index (χ2v) is 8.41. The summed E-state index contributed by atoms with van der Waals surface area (Å²) in [6, 6.07) is -1.37. The average molecular weight is 487 g/mol. The number of thioether (sulfide) groups is 2. The van der Waals surface area contributed by atoms with E-state index in [0.717, 1.165) is 24.3 Å². The summed E-state index contributed by atoms with van der Waals surface area (Å²) in [5.74, 6) is -1.16. The van der Waals surface area contributed by atoms with Gasteiger partial charge in [0, 0.05) is 5.57 Å². The molecule has 0 aliphatic rings. The fraction of sp³-hybridized carbons (Fsp3) is 0.737. The maximum absolute atomic E-state index is 10.3. The van der Waals surface area contributed by atoms with E-state index in [2.05, 4.69) is 6.58 Å². The van der Waals surface area contributed by atoms with E-state index in [0.29, 0.717) is 32.1 Å². The Morgan fingerprint density at radius 1 is 0.806 bits per heavy atom. The molecular formula is C19H38N2O8S2. The molecule has 0 aromatic rings. The van der Waals surface area contributed by atoms with Gasteiger partial charge in [-0.1, -0.05) is 13.0 Å². The second kappa shape index (κ2) is 23.4. The number of carboxylic acids is 3. The van der Waals surface area contributed by atoms with Crippen molar-refractivity contribution in [2.75, 3.05) is 24.0 Å². The van der Waals surface area contributed by atoms with Crippen molar-refractivity contribution < 1.29 is 39.9 Å². The molecule has 0 aliphatic heterocycles. The van der Waals surface area contributed by atoms with Crippen LogP contribution in [0.2, 0.25) is 0 Å². The molecular weight excluding hydrogens is 448 g/mol. The third-order valence-electron chi connectivity index (χ3n) is 3.64. The van der Waals surface area contributed by atoms with Gasteiger partial charge in [-0.25, -0.2) is 4.79 Å². The summed E-state index contributed by atoms with van der Waals surface area (Å²) in [4.78, 5) is 30.4. The van der Waals surface area contributed by atoms with Gasteiger partial charge in [-0.15, -0.1) is 0 Å². The Hall–Kier alpha value is -1.31. The SMILES string of the molecule is C=C(CCCCCC(O)O)C(=O)O.CSCC[C@H](N)C(=O)O.CSCC[C@H](N)C(=O)O. The molecule has 0 radical (unpaired) electrons. The molecule has 31 heavy (non-hydrogen) atoms. The highest BCUT2D eigenvalue weighted by molar-refractivity contribution is 7.98. The zero-order valence-electron chi connectivity index (χ0n) is 18.2. The normalized spacial score (nSPS) is 12.0. The standard InChI is InChI=1S/C9H16O4.2C5H11NO2S/c1-7(9(12)13)5-3-2-4-6-8(10)11;2*1-9-3-2-4(6)5(7)8/h8,10-11H,1-6H2,(H,12,13);2*4H,2-3,6H2,1H3,(H,7,8)/t;2*4-/m.00/s1. The predicted octanol–water partition coefficient (Wildman–Crippen LogP) is 1.19. The lowest BCUT2D eigenvalue weighted by molar-refractivity contribution is -0.139. The van der Waals surface area contributed by atoms with Crippen LogP contribution in [-0.4, -0.2) is 85.8 Å².